The zero-order valence-electron chi connectivity index (χ0n) is 7.92. The number of benzene rings is 1. The van der Waals surface area contributed by atoms with E-state index in [1.807, 2.05) is 36.4 Å². The Balaban J connectivity index is 2.19. The standard InChI is InChI=1S/C12H8N2O/c1-2-4-9(5-3-1)12-13-8-11-10(14-12)6-7-15-11/h1-8H. The second-order valence-electron chi connectivity index (χ2n) is 3.23. The van der Waals surface area contributed by atoms with Gasteiger partial charge in [0.05, 0.1) is 12.5 Å². The van der Waals surface area contributed by atoms with Crippen LogP contribution in [0.25, 0.3) is 22.5 Å². The first-order chi connectivity index (χ1) is 7.43. The molecule has 0 bridgehead atoms. The maximum absolute atomic E-state index is 5.18. The van der Waals surface area contributed by atoms with Crippen molar-refractivity contribution in [3.05, 3.63) is 48.9 Å². The summed E-state index contributed by atoms with van der Waals surface area (Å²) in [6.45, 7) is 0. The SMILES string of the molecule is c1ccc(-c2ncc3occc3n2)cc1. The molecule has 0 atom stereocenters. The number of nitrogens with zero attached hydrogens (tertiary/aromatic N) is 2. The first-order valence-corrected chi connectivity index (χ1v) is 4.69. The van der Waals surface area contributed by atoms with Crippen LogP contribution in [0.2, 0.25) is 0 Å². The molecule has 3 aromatic rings. The summed E-state index contributed by atoms with van der Waals surface area (Å²) >= 11 is 0. The Kier molecular flexibility index (Phi) is 1.75. The summed E-state index contributed by atoms with van der Waals surface area (Å²) < 4.78 is 5.18. The summed E-state index contributed by atoms with van der Waals surface area (Å²) in [6, 6.07) is 11.7. The Morgan fingerprint density at radius 1 is 1.00 bits per heavy atom. The first kappa shape index (κ1) is 8.17. The van der Waals surface area contributed by atoms with E-state index in [1.54, 1.807) is 12.5 Å². The third-order valence-corrected chi connectivity index (χ3v) is 2.24. The van der Waals surface area contributed by atoms with Gasteiger partial charge in [-0.1, -0.05) is 30.3 Å². The molecule has 3 heteroatoms. The molecule has 0 fully saturated rings. The van der Waals surface area contributed by atoms with Crippen molar-refractivity contribution in [2.24, 2.45) is 0 Å². The molecule has 72 valence electrons. The Morgan fingerprint density at radius 3 is 2.73 bits per heavy atom. The van der Waals surface area contributed by atoms with Crippen molar-refractivity contribution in [2.45, 2.75) is 0 Å². The van der Waals surface area contributed by atoms with Crippen LogP contribution in [0.1, 0.15) is 0 Å². The molecule has 2 aromatic heterocycles. The minimum Gasteiger partial charge on any atom is -0.461 e. The van der Waals surface area contributed by atoms with Crippen LogP contribution in [0.4, 0.5) is 0 Å². The molecular formula is C12H8N2O. The highest BCUT2D eigenvalue weighted by atomic mass is 16.3. The summed E-state index contributed by atoms with van der Waals surface area (Å²) in [5.41, 5.74) is 2.57. The van der Waals surface area contributed by atoms with Gasteiger partial charge in [-0.15, -0.1) is 0 Å². The van der Waals surface area contributed by atoms with E-state index >= 15 is 0 Å². The predicted molar refractivity (Wildman–Crippen MR) is 57.2 cm³/mol. The predicted octanol–water partition coefficient (Wildman–Crippen LogP) is 2.89. The fraction of sp³-hybridized carbons (Fsp3) is 0. The zero-order valence-corrected chi connectivity index (χ0v) is 7.92. The van der Waals surface area contributed by atoms with Gasteiger partial charge in [-0.3, -0.25) is 0 Å². The van der Waals surface area contributed by atoms with Crippen molar-refractivity contribution in [2.75, 3.05) is 0 Å². The molecule has 1 aromatic carbocycles. The second-order valence-corrected chi connectivity index (χ2v) is 3.23. The highest BCUT2D eigenvalue weighted by Gasteiger charge is 2.03. The van der Waals surface area contributed by atoms with Gasteiger partial charge in [-0.25, -0.2) is 9.97 Å². The second kappa shape index (κ2) is 3.20. The van der Waals surface area contributed by atoms with Crippen molar-refractivity contribution in [1.82, 2.24) is 9.97 Å². The van der Waals surface area contributed by atoms with Gasteiger partial charge in [0.25, 0.3) is 0 Å². The molecule has 0 spiro atoms. The lowest BCUT2D eigenvalue weighted by Gasteiger charge is -1.98. The monoisotopic (exact) mass is 196 g/mol. The van der Waals surface area contributed by atoms with E-state index in [4.69, 9.17) is 4.42 Å². The van der Waals surface area contributed by atoms with Crippen molar-refractivity contribution < 1.29 is 4.42 Å². The van der Waals surface area contributed by atoms with Gasteiger partial charge in [-0.2, -0.15) is 0 Å². The van der Waals surface area contributed by atoms with Crippen LogP contribution in [0.5, 0.6) is 0 Å². The minimum absolute atomic E-state index is 0.717. The van der Waals surface area contributed by atoms with E-state index in [9.17, 15) is 0 Å². The van der Waals surface area contributed by atoms with Crippen molar-refractivity contribution in [3.63, 3.8) is 0 Å². The zero-order chi connectivity index (χ0) is 10.1. The number of fused-ring (bicyclic) bond motifs is 1. The molecule has 0 unspecified atom stereocenters. The largest absolute Gasteiger partial charge is 0.461 e. The number of hydrogen-bond acceptors (Lipinski definition) is 3. The first-order valence-electron chi connectivity index (χ1n) is 4.69. The van der Waals surface area contributed by atoms with Crippen LogP contribution >= 0.6 is 0 Å². The van der Waals surface area contributed by atoms with E-state index < -0.39 is 0 Å². The van der Waals surface area contributed by atoms with Gasteiger partial charge in [-0.05, 0) is 0 Å². The third kappa shape index (κ3) is 1.38. The molecular weight excluding hydrogens is 188 g/mol. The average molecular weight is 196 g/mol. The number of furan rings is 1. The summed E-state index contributed by atoms with van der Waals surface area (Å²) in [5.74, 6) is 0.726. The van der Waals surface area contributed by atoms with Crippen LogP contribution in [0, 0.1) is 0 Å². The Labute approximate surface area is 86.4 Å². The quantitative estimate of drug-likeness (QED) is 0.600. The maximum atomic E-state index is 5.18. The molecule has 15 heavy (non-hydrogen) atoms. The number of aromatic nitrogens is 2. The number of hydrogen-bond donors (Lipinski definition) is 0. The minimum atomic E-state index is 0.717. The molecule has 0 N–H and O–H groups in total. The van der Waals surface area contributed by atoms with E-state index in [2.05, 4.69) is 9.97 Å². The third-order valence-electron chi connectivity index (χ3n) is 2.24. The average Bonchev–Trinajstić information content (AvgIpc) is 2.77. The van der Waals surface area contributed by atoms with E-state index in [0.29, 0.717) is 0 Å². The van der Waals surface area contributed by atoms with Crippen molar-refractivity contribution in [3.8, 4) is 11.4 Å². The summed E-state index contributed by atoms with van der Waals surface area (Å²) in [6.07, 6.45) is 3.32. The molecule has 0 radical (unpaired) electrons. The summed E-state index contributed by atoms with van der Waals surface area (Å²) in [4.78, 5) is 8.65. The topological polar surface area (TPSA) is 38.9 Å². The normalized spacial score (nSPS) is 10.7. The molecule has 0 amide bonds. The van der Waals surface area contributed by atoms with Crippen LogP contribution < -0.4 is 0 Å². The molecule has 0 aliphatic carbocycles. The molecule has 2 heterocycles. The molecule has 0 aliphatic heterocycles. The van der Waals surface area contributed by atoms with Crippen molar-refractivity contribution >= 4 is 11.1 Å². The fourth-order valence-corrected chi connectivity index (χ4v) is 1.49. The maximum Gasteiger partial charge on any atom is 0.170 e. The highest BCUT2D eigenvalue weighted by Crippen LogP contribution is 2.18. The summed E-state index contributed by atoms with van der Waals surface area (Å²) in [7, 11) is 0. The van der Waals surface area contributed by atoms with E-state index in [0.717, 1.165) is 22.5 Å². The van der Waals surface area contributed by atoms with Gasteiger partial charge in [0, 0.05) is 11.6 Å². The van der Waals surface area contributed by atoms with Crippen LogP contribution in [0.3, 0.4) is 0 Å². The number of rotatable bonds is 1. The lowest BCUT2D eigenvalue weighted by atomic mass is 10.2. The van der Waals surface area contributed by atoms with Crippen LogP contribution in [-0.4, -0.2) is 9.97 Å². The fourth-order valence-electron chi connectivity index (χ4n) is 1.49. The van der Waals surface area contributed by atoms with E-state index in [1.165, 1.54) is 0 Å². The van der Waals surface area contributed by atoms with Crippen molar-refractivity contribution in [1.29, 1.82) is 0 Å². The lowest BCUT2D eigenvalue weighted by Crippen LogP contribution is -1.87. The molecule has 0 saturated carbocycles. The molecule has 0 saturated heterocycles. The molecule has 3 rings (SSSR count). The van der Waals surface area contributed by atoms with Crippen LogP contribution in [-0.2, 0) is 0 Å². The Morgan fingerprint density at radius 2 is 1.87 bits per heavy atom. The Bertz CT molecular complexity index is 587. The van der Waals surface area contributed by atoms with Gasteiger partial charge in [0.1, 0.15) is 5.52 Å². The molecule has 3 nitrogen and oxygen atoms in total. The van der Waals surface area contributed by atoms with Gasteiger partial charge in [0.2, 0.25) is 0 Å². The van der Waals surface area contributed by atoms with Crippen LogP contribution in [0.15, 0.2) is 53.3 Å². The lowest BCUT2D eigenvalue weighted by molar-refractivity contribution is 0.613. The highest BCUT2D eigenvalue weighted by molar-refractivity contribution is 5.73. The Hall–Kier alpha value is -2.16. The van der Waals surface area contributed by atoms with E-state index in [-0.39, 0.29) is 0 Å². The summed E-state index contributed by atoms with van der Waals surface area (Å²) in [5, 5.41) is 0. The van der Waals surface area contributed by atoms with Gasteiger partial charge in [0.15, 0.2) is 11.4 Å². The molecule has 0 aliphatic rings. The van der Waals surface area contributed by atoms with Gasteiger partial charge < -0.3 is 4.42 Å². The van der Waals surface area contributed by atoms with Gasteiger partial charge >= 0.3 is 0 Å². The smallest absolute Gasteiger partial charge is 0.170 e.